The molecule has 0 bridgehead atoms. The van der Waals surface area contributed by atoms with Gasteiger partial charge in [0.1, 0.15) is 0 Å². The largest absolute Gasteiger partial charge is 0.387 e. The highest BCUT2D eigenvalue weighted by Gasteiger charge is 2.12. The maximum atomic E-state index is 12.2. The van der Waals surface area contributed by atoms with Crippen molar-refractivity contribution < 1.29 is 4.79 Å². The zero-order valence-corrected chi connectivity index (χ0v) is 13.3. The second kappa shape index (κ2) is 6.41. The fraction of sp³-hybridized carbons (Fsp3) is 0.154. The van der Waals surface area contributed by atoms with Crippen molar-refractivity contribution in [3.63, 3.8) is 0 Å². The van der Waals surface area contributed by atoms with E-state index in [0.717, 1.165) is 15.0 Å². The zero-order chi connectivity index (χ0) is 13.8. The molecule has 0 spiro atoms. The number of hydrogen-bond donors (Lipinski definition) is 2. The minimum Gasteiger partial charge on any atom is -0.387 e. The monoisotopic (exact) mass is 358 g/mol. The molecular weight excluding hydrogens is 348 g/mol. The Labute approximate surface area is 129 Å². The van der Waals surface area contributed by atoms with E-state index in [1.807, 2.05) is 11.4 Å². The summed E-state index contributed by atoms with van der Waals surface area (Å²) >= 11 is 11.0. The van der Waals surface area contributed by atoms with Gasteiger partial charge in [0.15, 0.2) is 0 Å². The van der Waals surface area contributed by atoms with Crippen LogP contribution < -0.4 is 10.6 Å². The van der Waals surface area contributed by atoms with Crippen LogP contribution in [-0.2, 0) is 6.54 Å². The highest BCUT2D eigenvalue weighted by atomic mass is 79.9. The lowest BCUT2D eigenvalue weighted by molar-refractivity contribution is 0.0952. The molecule has 0 fully saturated rings. The first-order valence-corrected chi connectivity index (χ1v) is 7.64. The number of benzene rings is 1. The van der Waals surface area contributed by atoms with Crippen LogP contribution in [0.25, 0.3) is 0 Å². The maximum Gasteiger partial charge on any atom is 0.253 e. The first-order valence-electron chi connectivity index (χ1n) is 5.59. The Morgan fingerprint density at radius 2 is 2.21 bits per heavy atom. The lowest BCUT2D eigenvalue weighted by Gasteiger charge is -2.10. The van der Waals surface area contributed by atoms with Crippen molar-refractivity contribution >= 4 is 50.5 Å². The molecule has 1 heterocycles. The third-order valence-corrected chi connectivity index (χ3v) is 4.76. The van der Waals surface area contributed by atoms with Crippen LogP contribution in [0.3, 0.4) is 0 Å². The number of halogens is 2. The lowest BCUT2D eigenvalue weighted by Crippen LogP contribution is -2.23. The smallest absolute Gasteiger partial charge is 0.253 e. The maximum absolute atomic E-state index is 12.2. The Morgan fingerprint density at radius 3 is 2.84 bits per heavy atom. The highest BCUT2D eigenvalue weighted by Crippen LogP contribution is 2.23. The van der Waals surface area contributed by atoms with Crippen LogP contribution in [0.4, 0.5) is 5.69 Å². The van der Waals surface area contributed by atoms with Crippen molar-refractivity contribution in [2.45, 2.75) is 6.54 Å². The molecule has 0 aliphatic carbocycles. The van der Waals surface area contributed by atoms with Crippen LogP contribution in [0.1, 0.15) is 15.2 Å². The van der Waals surface area contributed by atoms with Gasteiger partial charge in [-0.1, -0.05) is 11.6 Å². The second-order valence-electron chi connectivity index (χ2n) is 3.81. The predicted octanol–water partition coefficient (Wildman–Crippen LogP) is 4.14. The highest BCUT2D eigenvalue weighted by molar-refractivity contribution is 9.10. The molecule has 19 heavy (non-hydrogen) atoms. The number of rotatable bonds is 4. The Hall–Kier alpha value is -1.04. The molecule has 0 saturated carbocycles. The third kappa shape index (κ3) is 3.49. The Morgan fingerprint density at radius 1 is 1.42 bits per heavy atom. The summed E-state index contributed by atoms with van der Waals surface area (Å²) in [6, 6.07) is 7.16. The van der Waals surface area contributed by atoms with E-state index < -0.39 is 0 Å². The van der Waals surface area contributed by atoms with Crippen molar-refractivity contribution in [1.29, 1.82) is 0 Å². The van der Waals surface area contributed by atoms with Crippen molar-refractivity contribution in [3.05, 3.63) is 49.6 Å². The number of thiophene rings is 1. The molecule has 100 valence electrons. The number of anilines is 1. The average Bonchev–Trinajstić information content (AvgIpc) is 2.81. The Balaban J connectivity index is 2.12. The van der Waals surface area contributed by atoms with Gasteiger partial charge in [-0.05, 0) is 45.6 Å². The van der Waals surface area contributed by atoms with E-state index in [-0.39, 0.29) is 5.91 Å². The van der Waals surface area contributed by atoms with E-state index in [0.29, 0.717) is 17.1 Å². The number of amides is 1. The van der Waals surface area contributed by atoms with Crippen LogP contribution in [0.5, 0.6) is 0 Å². The van der Waals surface area contributed by atoms with E-state index in [4.69, 9.17) is 11.6 Å². The topological polar surface area (TPSA) is 41.1 Å². The van der Waals surface area contributed by atoms with E-state index in [2.05, 4.69) is 26.6 Å². The Kier molecular flexibility index (Phi) is 4.85. The lowest BCUT2D eigenvalue weighted by atomic mass is 10.1. The van der Waals surface area contributed by atoms with Gasteiger partial charge in [0.2, 0.25) is 0 Å². The quantitative estimate of drug-likeness (QED) is 0.861. The standard InChI is InChI=1S/C13H12BrClN2OS/c1-16-11-3-2-8(15)6-9(11)13(18)17-7-12-10(14)4-5-19-12/h2-6,16H,7H2,1H3,(H,17,18). The van der Waals surface area contributed by atoms with Gasteiger partial charge < -0.3 is 10.6 Å². The summed E-state index contributed by atoms with van der Waals surface area (Å²) < 4.78 is 1.01. The van der Waals surface area contributed by atoms with Crippen LogP contribution >= 0.6 is 38.9 Å². The van der Waals surface area contributed by atoms with Gasteiger partial charge in [-0.2, -0.15) is 0 Å². The molecule has 0 radical (unpaired) electrons. The zero-order valence-electron chi connectivity index (χ0n) is 10.2. The van der Waals surface area contributed by atoms with Crippen LogP contribution in [-0.4, -0.2) is 13.0 Å². The van der Waals surface area contributed by atoms with E-state index in [9.17, 15) is 4.79 Å². The van der Waals surface area contributed by atoms with Crippen molar-refractivity contribution in [3.8, 4) is 0 Å². The summed E-state index contributed by atoms with van der Waals surface area (Å²) in [6.45, 7) is 0.493. The molecule has 2 N–H and O–H groups in total. The molecule has 0 atom stereocenters. The summed E-state index contributed by atoms with van der Waals surface area (Å²) in [4.78, 5) is 13.2. The molecule has 2 rings (SSSR count). The number of carbonyl (C=O) groups is 1. The minimum absolute atomic E-state index is 0.146. The summed E-state index contributed by atoms with van der Waals surface area (Å²) in [5.41, 5.74) is 1.30. The normalized spacial score (nSPS) is 10.3. The number of nitrogens with one attached hydrogen (secondary N) is 2. The molecule has 1 amide bonds. The summed E-state index contributed by atoms with van der Waals surface area (Å²) in [5.74, 6) is -0.146. The average molecular weight is 360 g/mol. The molecule has 1 aromatic heterocycles. The molecule has 1 aromatic carbocycles. The van der Waals surface area contributed by atoms with Crippen LogP contribution in [0, 0.1) is 0 Å². The van der Waals surface area contributed by atoms with Gasteiger partial charge in [0.05, 0.1) is 12.1 Å². The first kappa shape index (κ1) is 14.4. The Bertz CT molecular complexity index is 600. The van der Waals surface area contributed by atoms with Gasteiger partial charge in [-0.3, -0.25) is 4.79 Å². The predicted molar refractivity (Wildman–Crippen MR) is 84.2 cm³/mol. The van der Waals surface area contributed by atoms with Crippen molar-refractivity contribution in [2.75, 3.05) is 12.4 Å². The first-order chi connectivity index (χ1) is 9.11. The van der Waals surface area contributed by atoms with Gasteiger partial charge in [0.25, 0.3) is 5.91 Å². The van der Waals surface area contributed by atoms with Crippen LogP contribution in [0.15, 0.2) is 34.1 Å². The molecule has 3 nitrogen and oxygen atoms in total. The molecule has 0 aliphatic heterocycles. The SMILES string of the molecule is CNc1ccc(Cl)cc1C(=O)NCc1sccc1Br. The molecular formula is C13H12BrClN2OS. The van der Waals surface area contributed by atoms with Gasteiger partial charge in [-0.25, -0.2) is 0 Å². The van der Waals surface area contributed by atoms with E-state index >= 15 is 0 Å². The van der Waals surface area contributed by atoms with E-state index in [1.54, 1.807) is 36.6 Å². The molecule has 0 saturated heterocycles. The van der Waals surface area contributed by atoms with Crippen LogP contribution in [0.2, 0.25) is 5.02 Å². The van der Waals surface area contributed by atoms with Gasteiger partial charge in [0, 0.05) is 27.1 Å². The number of hydrogen-bond acceptors (Lipinski definition) is 3. The summed E-state index contributed by atoms with van der Waals surface area (Å²) in [5, 5.41) is 8.39. The summed E-state index contributed by atoms with van der Waals surface area (Å²) in [6.07, 6.45) is 0. The third-order valence-electron chi connectivity index (χ3n) is 2.60. The van der Waals surface area contributed by atoms with Gasteiger partial charge in [-0.15, -0.1) is 11.3 Å². The van der Waals surface area contributed by atoms with Crippen molar-refractivity contribution in [1.82, 2.24) is 5.32 Å². The second-order valence-corrected chi connectivity index (χ2v) is 6.11. The molecule has 2 aromatic rings. The summed E-state index contributed by atoms with van der Waals surface area (Å²) in [7, 11) is 1.77. The number of carbonyl (C=O) groups excluding carboxylic acids is 1. The fourth-order valence-electron chi connectivity index (χ4n) is 1.63. The molecule has 0 unspecified atom stereocenters. The molecule has 0 aliphatic rings. The van der Waals surface area contributed by atoms with Crippen molar-refractivity contribution in [2.24, 2.45) is 0 Å². The minimum atomic E-state index is -0.146. The van der Waals surface area contributed by atoms with Gasteiger partial charge >= 0.3 is 0 Å². The van der Waals surface area contributed by atoms with E-state index in [1.165, 1.54) is 0 Å². The molecule has 6 heteroatoms. The fourth-order valence-corrected chi connectivity index (χ4v) is 3.23.